The molecule has 2 aliphatic rings. The molecule has 2 heterocycles. The van der Waals surface area contributed by atoms with E-state index < -0.39 is 5.97 Å². The molecule has 18 heavy (non-hydrogen) atoms. The second-order valence-electron chi connectivity index (χ2n) is 4.46. The number of aromatic carboxylic acids is 1. The third kappa shape index (κ3) is 1.71. The van der Waals surface area contributed by atoms with Gasteiger partial charge < -0.3 is 5.11 Å². The largest absolute Gasteiger partial charge is 0.476 e. The van der Waals surface area contributed by atoms with Crippen LogP contribution >= 0.6 is 11.3 Å². The Balaban J connectivity index is 1.62. The summed E-state index contributed by atoms with van der Waals surface area (Å²) in [7, 11) is 0. The number of carbonyl (C=O) groups is 3. The zero-order valence-electron chi connectivity index (χ0n) is 9.33. The molecule has 2 unspecified atom stereocenters. The summed E-state index contributed by atoms with van der Waals surface area (Å²) < 4.78 is 0. The van der Waals surface area contributed by atoms with Gasteiger partial charge >= 0.3 is 5.97 Å². The van der Waals surface area contributed by atoms with E-state index in [0.29, 0.717) is 24.4 Å². The molecule has 1 aliphatic carbocycles. The van der Waals surface area contributed by atoms with Crippen LogP contribution < -0.4 is 0 Å². The number of imide groups is 1. The maximum atomic E-state index is 11.7. The number of carboxylic acids is 1. The molecule has 0 bridgehead atoms. The number of likely N-dealkylation sites (tertiary alicyclic amines) is 1. The van der Waals surface area contributed by atoms with Crippen molar-refractivity contribution in [2.45, 2.75) is 12.8 Å². The van der Waals surface area contributed by atoms with E-state index in [-0.39, 0.29) is 29.3 Å². The monoisotopic (exact) mass is 266 g/mol. The number of thiazole rings is 1. The van der Waals surface area contributed by atoms with Gasteiger partial charge in [-0.1, -0.05) is 0 Å². The van der Waals surface area contributed by atoms with Crippen LogP contribution in [-0.4, -0.2) is 39.3 Å². The predicted molar refractivity (Wildman–Crippen MR) is 61.1 cm³/mol. The average Bonchev–Trinajstić information content (AvgIpc) is 2.92. The highest BCUT2D eigenvalue weighted by molar-refractivity contribution is 7.09. The highest BCUT2D eigenvalue weighted by Gasteiger charge is 2.58. The number of fused-ring (bicyclic) bond motifs is 1. The van der Waals surface area contributed by atoms with Crippen molar-refractivity contribution in [1.29, 1.82) is 0 Å². The van der Waals surface area contributed by atoms with E-state index in [9.17, 15) is 14.4 Å². The molecule has 7 heteroatoms. The highest BCUT2D eigenvalue weighted by atomic mass is 32.1. The molecular weight excluding hydrogens is 256 g/mol. The number of carboxylic acid groups (broad SMARTS) is 1. The Kier molecular flexibility index (Phi) is 2.44. The molecule has 6 nitrogen and oxygen atoms in total. The van der Waals surface area contributed by atoms with Crippen LogP contribution in [0.5, 0.6) is 0 Å². The molecule has 0 radical (unpaired) electrons. The summed E-state index contributed by atoms with van der Waals surface area (Å²) in [4.78, 5) is 39.2. The summed E-state index contributed by atoms with van der Waals surface area (Å²) in [6.07, 6.45) is 1.13. The normalized spacial score (nSPS) is 25.4. The number of carbonyl (C=O) groups excluding carboxylic acids is 2. The zero-order chi connectivity index (χ0) is 12.9. The van der Waals surface area contributed by atoms with Crippen LogP contribution in [0.2, 0.25) is 0 Å². The Morgan fingerprint density at radius 2 is 2.11 bits per heavy atom. The fourth-order valence-corrected chi connectivity index (χ4v) is 2.96. The van der Waals surface area contributed by atoms with Crippen molar-refractivity contribution >= 4 is 29.1 Å². The summed E-state index contributed by atoms with van der Waals surface area (Å²) >= 11 is 1.23. The third-order valence-electron chi connectivity index (χ3n) is 3.28. The van der Waals surface area contributed by atoms with Crippen LogP contribution in [0.25, 0.3) is 0 Å². The van der Waals surface area contributed by atoms with Crippen molar-refractivity contribution in [2.24, 2.45) is 11.8 Å². The molecule has 1 saturated carbocycles. The van der Waals surface area contributed by atoms with Crippen LogP contribution in [0.1, 0.15) is 21.9 Å². The topological polar surface area (TPSA) is 87.6 Å². The average molecular weight is 266 g/mol. The first-order chi connectivity index (χ1) is 8.58. The summed E-state index contributed by atoms with van der Waals surface area (Å²) in [5.74, 6) is -1.39. The minimum atomic E-state index is -1.06. The van der Waals surface area contributed by atoms with Gasteiger partial charge in [-0.25, -0.2) is 9.78 Å². The number of hydrogen-bond donors (Lipinski definition) is 1. The maximum absolute atomic E-state index is 11.7. The summed E-state index contributed by atoms with van der Waals surface area (Å²) in [6.45, 7) is 0.303. The smallest absolute Gasteiger partial charge is 0.355 e. The lowest BCUT2D eigenvalue weighted by molar-refractivity contribution is -0.141. The standard InChI is InChI=1S/C11H10N2O4S/c14-9-5-3-6(5)10(15)13(9)2-1-8-12-7(4-18-8)11(16)17/h4-6H,1-3H2,(H,16,17). The van der Waals surface area contributed by atoms with Gasteiger partial charge in [-0.3, -0.25) is 14.5 Å². The van der Waals surface area contributed by atoms with Crippen LogP contribution in [0.4, 0.5) is 0 Å². The SMILES string of the molecule is O=C(O)c1csc(CCN2C(=O)C3CC3C2=O)n1. The van der Waals surface area contributed by atoms with Crippen molar-refractivity contribution in [2.75, 3.05) is 6.54 Å². The van der Waals surface area contributed by atoms with E-state index in [2.05, 4.69) is 4.98 Å². The second-order valence-corrected chi connectivity index (χ2v) is 5.40. The summed E-state index contributed by atoms with van der Waals surface area (Å²) in [6, 6.07) is 0. The van der Waals surface area contributed by atoms with E-state index in [4.69, 9.17) is 5.11 Å². The van der Waals surface area contributed by atoms with Gasteiger partial charge in [0.2, 0.25) is 11.8 Å². The van der Waals surface area contributed by atoms with Crippen LogP contribution in [0, 0.1) is 11.8 Å². The Hall–Kier alpha value is -1.76. The molecule has 1 saturated heterocycles. The quantitative estimate of drug-likeness (QED) is 0.796. The van der Waals surface area contributed by atoms with Crippen LogP contribution in [0.3, 0.4) is 0 Å². The highest BCUT2D eigenvalue weighted by Crippen LogP contribution is 2.46. The molecule has 1 N–H and O–H groups in total. The molecule has 1 aliphatic heterocycles. The van der Waals surface area contributed by atoms with E-state index in [1.807, 2.05) is 0 Å². The maximum Gasteiger partial charge on any atom is 0.355 e. The van der Waals surface area contributed by atoms with Gasteiger partial charge in [-0.05, 0) is 6.42 Å². The number of hydrogen-bond acceptors (Lipinski definition) is 5. The van der Waals surface area contributed by atoms with Gasteiger partial charge in [0.15, 0.2) is 5.69 Å². The van der Waals surface area contributed by atoms with Crippen molar-refractivity contribution < 1.29 is 19.5 Å². The van der Waals surface area contributed by atoms with Gasteiger partial charge in [-0.2, -0.15) is 0 Å². The van der Waals surface area contributed by atoms with Gasteiger partial charge in [0.1, 0.15) is 0 Å². The molecule has 94 valence electrons. The first-order valence-corrected chi connectivity index (χ1v) is 6.49. The van der Waals surface area contributed by atoms with Crippen molar-refractivity contribution in [1.82, 2.24) is 9.88 Å². The van der Waals surface area contributed by atoms with E-state index >= 15 is 0 Å². The molecule has 2 atom stereocenters. The van der Waals surface area contributed by atoms with E-state index in [0.717, 1.165) is 0 Å². The second kappa shape index (κ2) is 3.88. The molecule has 2 amide bonds. The minimum Gasteiger partial charge on any atom is -0.476 e. The molecule has 1 aromatic heterocycles. The fourth-order valence-electron chi connectivity index (χ4n) is 2.20. The fraction of sp³-hybridized carbons (Fsp3) is 0.455. The molecule has 1 aromatic rings. The van der Waals surface area contributed by atoms with Crippen molar-refractivity contribution in [3.05, 3.63) is 16.1 Å². The van der Waals surface area contributed by atoms with Gasteiger partial charge in [0.05, 0.1) is 16.8 Å². The van der Waals surface area contributed by atoms with Crippen molar-refractivity contribution in [3.8, 4) is 0 Å². The molecule has 3 rings (SSSR count). The summed E-state index contributed by atoms with van der Waals surface area (Å²) in [5, 5.41) is 10.8. The number of amides is 2. The van der Waals surface area contributed by atoms with Crippen molar-refractivity contribution in [3.63, 3.8) is 0 Å². The van der Waals surface area contributed by atoms with E-state index in [1.165, 1.54) is 21.6 Å². The van der Waals surface area contributed by atoms with Gasteiger partial charge in [0, 0.05) is 18.3 Å². The van der Waals surface area contributed by atoms with Crippen LogP contribution in [-0.2, 0) is 16.0 Å². The summed E-state index contributed by atoms with van der Waals surface area (Å²) in [5.41, 5.74) is 0.0110. The Morgan fingerprint density at radius 3 is 2.67 bits per heavy atom. The molecule has 0 spiro atoms. The molecular formula is C11H10N2O4S. The van der Waals surface area contributed by atoms with E-state index in [1.54, 1.807) is 0 Å². The molecule has 0 aromatic carbocycles. The Labute approximate surface area is 106 Å². The lowest BCUT2D eigenvalue weighted by atomic mass is 10.3. The number of rotatable bonds is 4. The zero-order valence-corrected chi connectivity index (χ0v) is 10.1. The number of piperidine rings is 1. The predicted octanol–water partition coefficient (Wildman–Crippen LogP) is 0.389. The van der Waals surface area contributed by atoms with Gasteiger partial charge in [0.25, 0.3) is 0 Å². The molecule has 2 fully saturated rings. The first kappa shape index (κ1) is 11.3. The Morgan fingerprint density at radius 1 is 1.44 bits per heavy atom. The third-order valence-corrected chi connectivity index (χ3v) is 4.19. The number of aromatic nitrogens is 1. The number of nitrogens with zero attached hydrogens (tertiary/aromatic N) is 2. The first-order valence-electron chi connectivity index (χ1n) is 5.61. The minimum absolute atomic E-state index is 0.0110. The van der Waals surface area contributed by atoms with Gasteiger partial charge in [-0.15, -0.1) is 11.3 Å². The van der Waals surface area contributed by atoms with Crippen LogP contribution in [0.15, 0.2) is 5.38 Å². The Bertz CT molecular complexity index is 533. The lowest BCUT2D eigenvalue weighted by Gasteiger charge is -2.14. The lowest BCUT2D eigenvalue weighted by Crippen LogP contribution is -2.34.